The van der Waals surface area contributed by atoms with Crippen molar-refractivity contribution < 1.29 is 9.53 Å². The van der Waals surface area contributed by atoms with Crippen LogP contribution in [0.5, 0.6) is 5.75 Å². The van der Waals surface area contributed by atoms with E-state index in [-0.39, 0.29) is 5.78 Å². The first-order valence-corrected chi connectivity index (χ1v) is 11.0. The molecule has 0 amide bonds. The highest BCUT2D eigenvalue weighted by Gasteiger charge is 2.20. The highest BCUT2D eigenvalue weighted by molar-refractivity contribution is 7.17. The van der Waals surface area contributed by atoms with E-state index in [4.69, 9.17) is 16.3 Å². The number of ketones is 1. The number of benzene rings is 2. The van der Waals surface area contributed by atoms with Crippen LogP contribution in [-0.4, -0.2) is 32.6 Å². The molecule has 0 saturated heterocycles. The molecule has 0 aliphatic carbocycles. The lowest BCUT2D eigenvalue weighted by Crippen LogP contribution is -1.99. The molecular formula is C24H17ClN4O2S. The third-order valence-electron chi connectivity index (χ3n) is 5.12. The average Bonchev–Trinajstić information content (AvgIpc) is 3.46. The number of thiazole rings is 1. The van der Waals surface area contributed by atoms with Crippen molar-refractivity contribution in [3.05, 3.63) is 94.2 Å². The molecule has 0 spiro atoms. The minimum atomic E-state index is -0.0919. The van der Waals surface area contributed by atoms with Crippen LogP contribution in [0.25, 0.3) is 21.6 Å². The summed E-state index contributed by atoms with van der Waals surface area (Å²) in [6.45, 7) is 0.612. The van der Waals surface area contributed by atoms with Gasteiger partial charge in [0.2, 0.25) is 5.78 Å². The molecule has 0 aliphatic heterocycles. The van der Waals surface area contributed by atoms with E-state index in [1.807, 2.05) is 54.7 Å². The van der Waals surface area contributed by atoms with Gasteiger partial charge in [-0.25, -0.2) is 4.98 Å². The Kier molecular flexibility index (Phi) is 5.43. The van der Waals surface area contributed by atoms with Crippen LogP contribution < -0.4 is 4.74 Å². The molecule has 0 fully saturated rings. The van der Waals surface area contributed by atoms with E-state index in [9.17, 15) is 4.79 Å². The monoisotopic (exact) mass is 460 g/mol. The zero-order valence-electron chi connectivity index (χ0n) is 17.0. The fourth-order valence-corrected chi connectivity index (χ4v) is 4.51. The number of methoxy groups -OCH3 is 1. The van der Waals surface area contributed by atoms with Crippen LogP contribution in [0.1, 0.15) is 20.8 Å². The normalized spacial score (nSPS) is 11.1. The molecule has 0 atom stereocenters. The van der Waals surface area contributed by atoms with Crippen molar-refractivity contribution in [1.29, 1.82) is 0 Å². The third-order valence-corrected chi connectivity index (χ3v) is 6.39. The molecular weight excluding hydrogens is 444 g/mol. The van der Waals surface area contributed by atoms with Crippen LogP contribution in [0.3, 0.4) is 0 Å². The van der Waals surface area contributed by atoms with Gasteiger partial charge in [0.05, 0.1) is 12.0 Å². The Morgan fingerprint density at radius 3 is 2.75 bits per heavy atom. The van der Waals surface area contributed by atoms with Crippen LogP contribution in [0.15, 0.2) is 73.2 Å². The standard InChI is InChI=1S/C24H17ClN4O2S/c1-31-17-8-9-21-18(11-17)19(14-29(21)13-15-4-6-16(25)7-5-15)23(30)22-12-26-24(32-22)20-3-2-10-27-28-20/h2-12,14H,13H2,1H3. The Morgan fingerprint density at radius 1 is 1.16 bits per heavy atom. The van der Waals surface area contributed by atoms with Gasteiger partial charge in [-0.2, -0.15) is 5.10 Å². The van der Waals surface area contributed by atoms with E-state index >= 15 is 0 Å². The summed E-state index contributed by atoms with van der Waals surface area (Å²) in [5, 5.41) is 10.1. The molecule has 3 aromatic heterocycles. The number of nitrogens with zero attached hydrogens (tertiary/aromatic N) is 4. The summed E-state index contributed by atoms with van der Waals surface area (Å²) in [5.74, 6) is 0.603. The number of ether oxygens (including phenoxy) is 1. The molecule has 0 aliphatic rings. The number of rotatable bonds is 6. The van der Waals surface area contributed by atoms with E-state index < -0.39 is 0 Å². The van der Waals surface area contributed by atoms with Crippen molar-refractivity contribution in [2.45, 2.75) is 6.54 Å². The summed E-state index contributed by atoms with van der Waals surface area (Å²) in [5.41, 5.74) is 3.28. The number of halogens is 1. The minimum Gasteiger partial charge on any atom is -0.497 e. The molecule has 158 valence electrons. The first-order valence-electron chi connectivity index (χ1n) is 9.82. The number of hydrogen-bond donors (Lipinski definition) is 0. The highest BCUT2D eigenvalue weighted by Crippen LogP contribution is 2.31. The van der Waals surface area contributed by atoms with Crippen LogP contribution in [0.2, 0.25) is 5.02 Å². The predicted octanol–water partition coefficient (Wildman–Crippen LogP) is 5.50. The van der Waals surface area contributed by atoms with Gasteiger partial charge >= 0.3 is 0 Å². The lowest BCUT2D eigenvalue weighted by molar-refractivity contribution is 0.104. The summed E-state index contributed by atoms with van der Waals surface area (Å²) in [6.07, 6.45) is 5.09. The van der Waals surface area contributed by atoms with E-state index in [2.05, 4.69) is 19.7 Å². The molecule has 0 radical (unpaired) electrons. The van der Waals surface area contributed by atoms with Gasteiger partial charge in [0, 0.05) is 46.6 Å². The molecule has 2 aromatic carbocycles. The second-order valence-electron chi connectivity index (χ2n) is 7.15. The SMILES string of the molecule is COc1ccc2c(c1)c(C(=O)c1cnc(-c3cccnn3)s1)cn2Cc1ccc(Cl)cc1. The zero-order chi connectivity index (χ0) is 22.1. The summed E-state index contributed by atoms with van der Waals surface area (Å²) >= 11 is 7.33. The van der Waals surface area contributed by atoms with Gasteiger partial charge < -0.3 is 9.30 Å². The summed E-state index contributed by atoms with van der Waals surface area (Å²) in [7, 11) is 1.61. The largest absolute Gasteiger partial charge is 0.497 e. The molecule has 32 heavy (non-hydrogen) atoms. The quantitative estimate of drug-likeness (QED) is 0.313. The highest BCUT2D eigenvalue weighted by atomic mass is 35.5. The molecule has 6 nitrogen and oxygen atoms in total. The summed E-state index contributed by atoms with van der Waals surface area (Å²) in [6, 6.07) is 17.1. The van der Waals surface area contributed by atoms with Gasteiger partial charge in [0.15, 0.2) is 0 Å². The van der Waals surface area contributed by atoms with Gasteiger partial charge in [0.1, 0.15) is 16.5 Å². The topological polar surface area (TPSA) is 69.9 Å². The third kappa shape index (κ3) is 3.88. The van der Waals surface area contributed by atoms with Crippen molar-refractivity contribution in [3.8, 4) is 16.5 Å². The van der Waals surface area contributed by atoms with Crippen LogP contribution in [0, 0.1) is 0 Å². The predicted molar refractivity (Wildman–Crippen MR) is 126 cm³/mol. The molecule has 5 rings (SSSR count). The maximum Gasteiger partial charge on any atom is 0.206 e. The molecule has 0 bridgehead atoms. The van der Waals surface area contributed by atoms with E-state index in [1.54, 1.807) is 25.6 Å². The number of fused-ring (bicyclic) bond motifs is 1. The second kappa shape index (κ2) is 8.53. The molecule has 0 N–H and O–H groups in total. The Bertz CT molecular complexity index is 1410. The average molecular weight is 461 g/mol. The van der Waals surface area contributed by atoms with Gasteiger partial charge in [-0.05, 0) is 48.0 Å². The maximum absolute atomic E-state index is 13.5. The fourth-order valence-electron chi connectivity index (χ4n) is 3.55. The lowest BCUT2D eigenvalue weighted by Gasteiger charge is -2.06. The Labute approximate surface area is 193 Å². The Hall–Kier alpha value is -3.55. The number of aromatic nitrogens is 4. The second-order valence-corrected chi connectivity index (χ2v) is 8.61. The van der Waals surface area contributed by atoms with Crippen molar-refractivity contribution in [1.82, 2.24) is 19.7 Å². The molecule has 0 unspecified atom stereocenters. The summed E-state index contributed by atoms with van der Waals surface area (Å²) in [4.78, 5) is 18.4. The molecule has 0 saturated carbocycles. The number of carbonyl (C=O) groups is 1. The van der Waals surface area contributed by atoms with E-state index in [0.29, 0.717) is 38.5 Å². The van der Waals surface area contributed by atoms with E-state index in [1.165, 1.54) is 11.3 Å². The number of hydrogen-bond acceptors (Lipinski definition) is 6. The smallest absolute Gasteiger partial charge is 0.206 e. The van der Waals surface area contributed by atoms with Crippen molar-refractivity contribution in [2.75, 3.05) is 7.11 Å². The minimum absolute atomic E-state index is 0.0919. The van der Waals surface area contributed by atoms with Gasteiger partial charge in [-0.15, -0.1) is 16.4 Å². The lowest BCUT2D eigenvalue weighted by atomic mass is 10.1. The molecule has 8 heteroatoms. The first-order chi connectivity index (χ1) is 15.6. The first kappa shape index (κ1) is 20.4. The van der Waals surface area contributed by atoms with Crippen LogP contribution in [0.4, 0.5) is 0 Å². The Balaban J connectivity index is 1.56. The van der Waals surface area contributed by atoms with Gasteiger partial charge in [0.25, 0.3) is 0 Å². The fraction of sp³-hybridized carbons (Fsp3) is 0.0833. The van der Waals surface area contributed by atoms with Crippen molar-refractivity contribution in [3.63, 3.8) is 0 Å². The van der Waals surface area contributed by atoms with Gasteiger partial charge in [-0.3, -0.25) is 4.79 Å². The van der Waals surface area contributed by atoms with Crippen LogP contribution in [-0.2, 0) is 6.54 Å². The Morgan fingerprint density at radius 2 is 2.00 bits per heavy atom. The molecule has 3 heterocycles. The number of carbonyl (C=O) groups excluding carboxylic acids is 1. The molecule has 5 aromatic rings. The van der Waals surface area contributed by atoms with Crippen LogP contribution >= 0.6 is 22.9 Å². The zero-order valence-corrected chi connectivity index (χ0v) is 18.6. The summed E-state index contributed by atoms with van der Waals surface area (Å²) < 4.78 is 7.47. The van der Waals surface area contributed by atoms with E-state index in [0.717, 1.165) is 16.5 Å². The van der Waals surface area contributed by atoms with Crippen molar-refractivity contribution in [2.24, 2.45) is 0 Å². The maximum atomic E-state index is 13.5. The van der Waals surface area contributed by atoms with Gasteiger partial charge in [-0.1, -0.05) is 23.7 Å². The van der Waals surface area contributed by atoms with Crippen molar-refractivity contribution >= 4 is 39.6 Å².